The molecule has 0 amide bonds. The van der Waals surface area contributed by atoms with Gasteiger partial charge in [-0.15, -0.1) is 10.2 Å². The van der Waals surface area contributed by atoms with Crippen molar-refractivity contribution in [2.24, 2.45) is 0 Å². The zero-order chi connectivity index (χ0) is 14.7. The molecule has 0 radical (unpaired) electrons. The molecule has 0 aromatic carbocycles. The van der Waals surface area contributed by atoms with Gasteiger partial charge in [-0.05, 0) is 26.0 Å². The summed E-state index contributed by atoms with van der Waals surface area (Å²) in [5, 5.41) is 26.3. The molecule has 2 rings (SSSR count). The minimum atomic E-state index is -0.936. The van der Waals surface area contributed by atoms with Crippen LogP contribution in [0, 0.1) is 13.8 Å². The second-order valence-corrected chi connectivity index (χ2v) is 5.07. The molecule has 8 heteroatoms. The molecular weight excluding hydrogens is 280 g/mol. The van der Waals surface area contributed by atoms with Crippen LogP contribution in [0.1, 0.15) is 17.2 Å². The maximum atomic E-state index is 10.7. The predicted molar refractivity (Wildman–Crippen MR) is 72.9 cm³/mol. The fraction of sp³-hybridized carbons (Fsp3) is 0.333. The van der Waals surface area contributed by atoms with Crippen LogP contribution >= 0.6 is 11.8 Å². The quantitative estimate of drug-likeness (QED) is 0.791. The van der Waals surface area contributed by atoms with Gasteiger partial charge in [-0.25, -0.2) is 0 Å². The molecule has 2 heterocycles. The van der Waals surface area contributed by atoms with Crippen LogP contribution < -0.4 is 0 Å². The largest absolute Gasteiger partial charge is 0.481 e. The maximum absolute atomic E-state index is 10.7. The van der Waals surface area contributed by atoms with E-state index < -0.39 is 5.97 Å². The van der Waals surface area contributed by atoms with E-state index in [1.54, 1.807) is 4.57 Å². The summed E-state index contributed by atoms with van der Waals surface area (Å²) in [6.45, 7) is 3.44. The van der Waals surface area contributed by atoms with Crippen molar-refractivity contribution in [3.05, 3.63) is 29.3 Å². The third kappa shape index (κ3) is 2.97. The van der Waals surface area contributed by atoms with E-state index >= 15 is 0 Å². The zero-order valence-electron chi connectivity index (χ0n) is 11.1. The van der Waals surface area contributed by atoms with Gasteiger partial charge in [0.05, 0.1) is 17.1 Å². The number of aliphatic carboxylic acids is 1. The monoisotopic (exact) mass is 294 g/mol. The highest BCUT2D eigenvalue weighted by atomic mass is 32.2. The van der Waals surface area contributed by atoms with E-state index in [0.29, 0.717) is 11.0 Å². The molecule has 0 spiro atoms. The van der Waals surface area contributed by atoms with Crippen molar-refractivity contribution < 1.29 is 15.0 Å². The molecule has 0 saturated carbocycles. The molecule has 106 valence electrons. The lowest BCUT2D eigenvalue weighted by Gasteiger charge is -2.11. The van der Waals surface area contributed by atoms with E-state index in [4.69, 9.17) is 5.11 Å². The molecular formula is C12H14N4O3S. The van der Waals surface area contributed by atoms with E-state index in [2.05, 4.69) is 15.2 Å². The van der Waals surface area contributed by atoms with Crippen LogP contribution in [0.15, 0.2) is 17.3 Å². The van der Waals surface area contributed by atoms with Gasteiger partial charge in [-0.2, -0.15) is 0 Å². The predicted octanol–water partition coefficient (Wildman–Crippen LogP) is 0.948. The number of hydrogen-bond donors (Lipinski definition) is 2. The second-order valence-electron chi connectivity index (χ2n) is 4.13. The number of carbonyl (C=O) groups is 1. The van der Waals surface area contributed by atoms with Gasteiger partial charge >= 0.3 is 5.97 Å². The molecule has 0 atom stereocenters. The average Bonchev–Trinajstić information content (AvgIpc) is 2.79. The molecule has 2 aromatic heterocycles. The Balaban J connectivity index is 2.47. The highest BCUT2D eigenvalue weighted by Gasteiger charge is 2.16. The Morgan fingerprint density at radius 3 is 2.70 bits per heavy atom. The van der Waals surface area contributed by atoms with E-state index in [1.165, 1.54) is 0 Å². The van der Waals surface area contributed by atoms with E-state index in [9.17, 15) is 9.90 Å². The summed E-state index contributed by atoms with van der Waals surface area (Å²) in [5.74, 6) is -0.706. The van der Waals surface area contributed by atoms with Crippen LogP contribution in [0.5, 0.6) is 0 Å². The highest BCUT2D eigenvalue weighted by Crippen LogP contribution is 2.23. The lowest BCUT2D eigenvalue weighted by Crippen LogP contribution is -2.07. The standard InChI is InChI=1S/C12H14N4O3S/c1-7-3-4-9(8(2)13-7)16-10(5-17)14-15-12(16)20-6-11(18)19/h3-4,17H,5-6H2,1-2H3,(H,18,19). The zero-order valence-corrected chi connectivity index (χ0v) is 11.9. The summed E-state index contributed by atoms with van der Waals surface area (Å²) in [7, 11) is 0. The number of hydrogen-bond acceptors (Lipinski definition) is 6. The van der Waals surface area contributed by atoms with Gasteiger partial charge in [0.1, 0.15) is 6.61 Å². The summed E-state index contributed by atoms with van der Waals surface area (Å²) in [6, 6.07) is 3.69. The molecule has 7 nitrogen and oxygen atoms in total. The Morgan fingerprint density at radius 1 is 1.35 bits per heavy atom. The van der Waals surface area contributed by atoms with Crippen molar-refractivity contribution in [2.45, 2.75) is 25.6 Å². The number of thioether (sulfide) groups is 1. The molecule has 0 bridgehead atoms. The number of aliphatic hydroxyl groups is 1. The van der Waals surface area contributed by atoms with E-state index in [1.807, 2.05) is 26.0 Å². The molecule has 2 aromatic rings. The number of rotatable bonds is 5. The van der Waals surface area contributed by atoms with Crippen molar-refractivity contribution in [3.8, 4) is 5.69 Å². The van der Waals surface area contributed by atoms with Gasteiger partial charge in [0, 0.05) is 5.69 Å². The molecule has 20 heavy (non-hydrogen) atoms. The summed E-state index contributed by atoms with van der Waals surface area (Å²) in [5.41, 5.74) is 2.37. The Labute approximate surface area is 119 Å². The molecule has 0 fully saturated rings. The first kappa shape index (κ1) is 14.5. The summed E-state index contributed by atoms with van der Waals surface area (Å²) in [4.78, 5) is 15.0. The van der Waals surface area contributed by atoms with E-state index in [0.717, 1.165) is 28.8 Å². The Bertz CT molecular complexity index is 642. The van der Waals surface area contributed by atoms with Gasteiger partial charge in [0.15, 0.2) is 11.0 Å². The number of aromatic nitrogens is 4. The van der Waals surface area contributed by atoms with Crippen LogP contribution in [-0.4, -0.2) is 41.7 Å². The fourth-order valence-electron chi connectivity index (χ4n) is 1.78. The van der Waals surface area contributed by atoms with E-state index in [-0.39, 0.29) is 12.4 Å². The topological polar surface area (TPSA) is 101 Å². The number of carboxylic acids is 1. The van der Waals surface area contributed by atoms with Crippen molar-refractivity contribution in [1.29, 1.82) is 0 Å². The van der Waals surface area contributed by atoms with Gasteiger partial charge in [0.25, 0.3) is 0 Å². The fourth-order valence-corrected chi connectivity index (χ4v) is 2.46. The Kier molecular flexibility index (Phi) is 4.35. The van der Waals surface area contributed by atoms with Crippen LogP contribution in [-0.2, 0) is 11.4 Å². The van der Waals surface area contributed by atoms with Crippen LogP contribution in [0.3, 0.4) is 0 Å². The molecule has 2 N–H and O–H groups in total. The first-order chi connectivity index (χ1) is 9.52. The average molecular weight is 294 g/mol. The van der Waals surface area contributed by atoms with Crippen molar-refractivity contribution >= 4 is 17.7 Å². The summed E-state index contributed by atoms with van der Waals surface area (Å²) < 4.78 is 1.63. The Morgan fingerprint density at radius 2 is 2.10 bits per heavy atom. The molecule has 0 saturated heterocycles. The molecule has 0 aliphatic rings. The lowest BCUT2D eigenvalue weighted by atomic mass is 10.2. The minimum Gasteiger partial charge on any atom is -0.481 e. The van der Waals surface area contributed by atoms with Crippen LogP contribution in [0.4, 0.5) is 0 Å². The number of aryl methyl sites for hydroxylation is 2. The number of carboxylic acid groups (broad SMARTS) is 1. The third-order valence-electron chi connectivity index (χ3n) is 2.60. The number of pyridine rings is 1. The third-order valence-corrected chi connectivity index (χ3v) is 3.52. The molecule has 0 aliphatic heterocycles. The van der Waals surface area contributed by atoms with Crippen molar-refractivity contribution in [3.63, 3.8) is 0 Å². The van der Waals surface area contributed by atoms with Crippen molar-refractivity contribution in [2.75, 3.05) is 5.75 Å². The summed E-state index contributed by atoms with van der Waals surface area (Å²) >= 11 is 1.05. The lowest BCUT2D eigenvalue weighted by molar-refractivity contribution is -0.133. The first-order valence-corrected chi connectivity index (χ1v) is 6.86. The number of aliphatic hydroxyl groups excluding tert-OH is 1. The van der Waals surface area contributed by atoms with Crippen molar-refractivity contribution in [1.82, 2.24) is 19.7 Å². The normalized spacial score (nSPS) is 10.8. The molecule has 0 aliphatic carbocycles. The minimum absolute atomic E-state index is 0.123. The van der Waals surface area contributed by atoms with Gasteiger partial charge < -0.3 is 10.2 Å². The highest BCUT2D eigenvalue weighted by molar-refractivity contribution is 7.99. The number of nitrogens with zero attached hydrogens (tertiary/aromatic N) is 4. The SMILES string of the molecule is Cc1ccc(-n2c(CO)nnc2SCC(=O)O)c(C)n1. The molecule has 0 unspecified atom stereocenters. The van der Waals surface area contributed by atoms with Gasteiger partial charge in [-0.3, -0.25) is 14.3 Å². The first-order valence-electron chi connectivity index (χ1n) is 5.87. The smallest absolute Gasteiger partial charge is 0.313 e. The maximum Gasteiger partial charge on any atom is 0.313 e. The van der Waals surface area contributed by atoms with Gasteiger partial charge in [-0.1, -0.05) is 11.8 Å². The summed E-state index contributed by atoms with van der Waals surface area (Å²) in [6.07, 6.45) is 0. The Hall–Kier alpha value is -1.93. The van der Waals surface area contributed by atoms with Gasteiger partial charge in [0.2, 0.25) is 0 Å². The van der Waals surface area contributed by atoms with Crippen LogP contribution in [0.25, 0.3) is 5.69 Å². The van der Waals surface area contributed by atoms with Crippen LogP contribution in [0.2, 0.25) is 0 Å². The second kappa shape index (κ2) is 6.02.